The Bertz CT molecular complexity index is 546. The molecule has 110 valence electrons. The number of fused-ring (bicyclic) bond motifs is 1. The summed E-state index contributed by atoms with van der Waals surface area (Å²) in [5.41, 5.74) is 3.26. The van der Waals surface area contributed by atoms with Crippen molar-refractivity contribution in [2.45, 2.75) is 46.6 Å². The molecule has 0 unspecified atom stereocenters. The number of aromatic nitrogens is 1. The molecular formula is C18H28N2. The third-order valence-corrected chi connectivity index (χ3v) is 3.85. The van der Waals surface area contributed by atoms with E-state index >= 15 is 0 Å². The molecule has 1 aromatic carbocycles. The molecular weight excluding hydrogens is 244 g/mol. The average molecular weight is 272 g/mol. The van der Waals surface area contributed by atoms with Crippen molar-refractivity contribution in [2.75, 3.05) is 13.6 Å². The van der Waals surface area contributed by atoms with Crippen LogP contribution in [0.5, 0.6) is 0 Å². The number of aryl methyl sites for hydroxylation is 2. The predicted octanol–water partition coefficient (Wildman–Crippen LogP) is 4.23. The van der Waals surface area contributed by atoms with E-state index in [-0.39, 0.29) is 0 Å². The van der Waals surface area contributed by atoms with Gasteiger partial charge >= 0.3 is 0 Å². The average Bonchev–Trinajstić information content (AvgIpc) is 2.75. The lowest BCUT2D eigenvalue weighted by atomic mass is 9.92. The van der Waals surface area contributed by atoms with E-state index in [1.165, 1.54) is 29.3 Å². The monoisotopic (exact) mass is 272 g/mol. The maximum absolute atomic E-state index is 3.23. The number of hydrogen-bond donors (Lipinski definition) is 1. The zero-order chi connectivity index (χ0) is 14.6. The van der Waals surface area contributed by atoms with Gasteiger partial charge in [-0.05, 0) is 49.9 Å². The number of nitrogens with one attached hydrogen (secondary N) is 1. The van der Waals surface area contributed by atoms with Gasteiger partial charge in [-0.2, -0.15) is 0 Å². The van der Waals surface area contributed by atoms with Crippen molar-refractivity contribution in [3.63, 3.8) is 0 Å². The lowest BCUT2D eigenvalue weighted by Crippen LogP contribution is -2.10. The summed E-state index contributed by atoms with van der Waals surface area (Å²) in [6.45, 7) is 9.13. The predicted molar refractivity (Wildman–Crippen MR) is 88.3 cm³/mol. The third kappa shape index (κ3) is 3.86. The van der Waals surface area contributed by atoms with Crippen LogP contribution in [0.2, 0.25) is 0 Å². The Morgan fingerprint density at radius 1 is 1.15 bits per heavy atom. The van der Waals surface area contributed by atoms with Crippen LogP contribution in [0.25, 0.3) is 10.9 Å². The lowest BCUT2D eigenvalue weighted by molar-refractivity contribution is 0.353. The molecule has 0 aliphatic rings. The Labute approximate surface area is 123 Å². The Morgan fingerprint density at radius 2 is 1.90 bits per heavy atom. The number of nitrogens with zero attached hydrogens (tertiary/aromatic N) is 1. The second-order valence-electron chi connectivity index (χ2n) is 6.88. The molecule has 2 nitrogen and oxygen atoms in total. The largest absolute Gasteiger partial charge is 0.347 e. The highest BCUT2D eigenvalue weighted by atomic mass is 15.0. The highest BCUT2D eigenvalue weighted by molar-refractivity contribution is 5.83. The summed E-state index contributed by atoms with van der Waals surface area (Å²) < 4.78 is 2.44. The van der Waals surface area contributed by atoms with Crippen LogP contribution >= 0.6 is 0 Å². The normalized spacial score (nSPS) is 12.2. The lowest BCUT2D eigenvalue weighted by Gasteiger charge is -2.18. The molecule has 0 radical (unpaired) electrons. The SMILES string of the molecule is CNCCCc1cn(CCC(C)(C)C)c2ccccc12. The summed E-state index contributed by atoms with van der Waals surface area (Å²) >= 11 is 0. The van der Waals surface area contributed by atoms with Crippen molar-refractivity contribution in [1.82, 2.24) is 9.88 Å². The molecule has 0 aliphatic heterocycles. The van der Waals surface area contributed by atoms with E-state index in [2.05, 4.69) is 61.1 Å². The van der Waals surface area contributed by atoms with E-state index in [0.717, 1.165) is 19.5 Å². The summed E-state index contributed by atoms with van der Waals surface area (Å²) in [4.78, 5) is 0. The number of hydrogen-bond acceptors (Lipinski definition) is 1. The first-order valence-electron chi connectivity index (χ1n) is 7.72. The molecule has 0 amide bonds. The summed E-state index contributed by atoms with van der Waals surface area (Å²) in [5, 5.41) is 4.66. The molecule has 2 heteroatoms. The van der Waals surface area contributed by atoms with Crippen molar-refractivity contribution in [1.29, 1.82) is 0 Å². The molecule has 0 saturated heterocycles. The molecule has 2 rings (SSSR count). The van der Waals surface area contributed by atoms with Gasteiger partial charge in [0.2, 0.25) is 0 Å². The first-order valence-corrected chi connectivity index (χ1v) is 7.72. The molecule has 0 bridgehead atoms. The molecule has 0 saturated carbocycles. The Kier molecular flexibility index (Phi) is 4.87. The number of benzene rings is 1. The van der Waals surface area contributed by atoms with Crippen LogP contribution in [-0.2, 0) is 13.0 Å². The minimum atomic E-state index is 0.387. The van der Waals surface area contributed by atoms with Crippen LogP contribution in [-0.4, -0.2) is 18.2 Å². The van der Waals surface area contributed by atoms with Gasteiger partial charge < -0.3 is 9.88 Å². The second kappa shape index (κ2) is 6.45. The summed E-state index contributed by atoms with van der Waals surface area (Å²) in [6.07, 6.45) is 5.93. The molecule has 1 N–H and O–H groups in total. The van der Waals surface area contributed by atoms with E-state index in [1.807, 2.05) is 7.05 Å². The van der Waals surface area contributed by atoms with Crippen molar-refractivity contribution in [3.05, 3.63) is 36.0 Å². The molecule has 1 heterocycles. The van der Waals surface area contributed by atoms with E-state index < -0.39 is 0 Å². The van der Waals surface area contributed by atoms with Crippen LogP contribution < -0.4 is 5.32 Å². The fourth-order valence-corrected chi connectivity index (χ4v) is 2.62. The van der Waals surface area contributed by atoms with Crippen LogP contribution in [0.1, 0.15) is 39.2 Å². The van der Waals surface area contributed by atoms with Gasteiger partial charge in [-0.3, -0.25) is 0 Å². The van der Waals surface area contributed by atoms with Crippen molar-refractivity contribution in [2.24, 2.45) is 5.41 Å². The molecule has 0 fully saturated rings. The van der Waals surface area contributed by atoms with Gasteiger partial charge in [0.15, 0.2) is 0 Å². The van der Waals surface area contributed by atoms with Gasteiger partial charge in [0.05, 0.1) is 0 Å². The Hall–Kier alpha value is -1.28. The highest BCUT2D eigenvalue weighted by Crippen LogP contribution is 2.25. The van der Waals surface area contributed by atoms with E-state index in [4.69, 9.17) is 0 Å². The quantitative estimate of drug-likeness (QED) is 0.779. The van der Waals surface area contributed by atoms with Crippen LogP contribution in [0.3, 0.4) is 0 Å². The number of rotatable bonds is 6. The van der Waals surface area contributed by atoms with E-state index in [1.54, 1.807) is 0 Å². The minimum Gasteiger partial charge on any atom is -0.347 e. The smallest absolute Gasteiger partial charge is 0.0483 e. The molecule has 1 aromatic heterocycles. The Morgan fingerprint density at radius 3 is 2.60 bits per heavy atom. The molecule has 2 aromatic rings. The Balaban J connectivity index is 2.21. The van der Waals surface area contributed by atoms with Crippen molar-refractivity contribution < 1.29 is 0 Å². The highest BCUT2D eigenvalue weighted by Gasteiger charge is 2.12. The fourth-order valence-electron chi connectivity index (χ4n) is 2.62. The maximum atomic E-state index is 3.23. The molecule has 0 aliphatic carbocycles. The van der Waals surface area contributed by atoms with Crippen molar-refractivity contribution >= 4 is 10.9 Å². The second-order valence-corrected chi connectivity index (χ2v) is 6.88. The van der Waals surface area contributed by atoms with Gasteiger partial charge in [-0.25, -0.2) is 0 Å². The van der Waals surface area contributed by atoms with Crippen LogP contribution in [0, 0.1) is 5.41 Å². The topological polar surface area (TPSA) is 17.0 Å². The summed E-state index contributed by atoms with van der Waals surface area (Å²) in [7, 11) is 2.02. The zero-order valence-electron chi connectivity index (χ0n) is 13.4. The zero-order valence-corrected chi connectivity index (χ0v) is 13.4. The fraction of sp³-hybridized carbons (Fsp3) is 0.556. The van der Waals surface area contributed by atoms with Gasteiger partial charge in [0, 0.05) is 23.6 Å². The first kappa shape index (κ1) is 15.1. The first-order chi connectivity index (χ1) is 9.51. The standard InChI is InChI=1S/C18H28N2/c1-18(2,3)11-13-20-14-15(8-7-12-19-4)16-9-5-6-10-17(16)20/h5-6,9-10,14,19H,7-8,11-13H2,1-4H3. The van der Waals surface area contributed by atoms with Gasteiger partial charge in [-0.1, -0.05) is 39.0 Å². The van der Waals surface area contributed by atoms with E-state index in [9.17, 15) is 0 Å². The summed E-state index contributed by atoms with van der Waals surface area (Å²) in [6, 6.07) is 8.81. The van der Waals surface area contributed by atoms with Crippen molar-refractivity contribution in [3.8, 4) is 0 Å². The van der Waals surface area contributed by atoms with Gasteiger partial charge in [-0.15, -0.1) is 0 Å². The summed E-state index contributed by atoms with van der Waals surface area (Å²) in [5.74, 6) is 0. The van der Waals surface area contributed by atoms with Gasteiger partial charge in [0.1, 0.15) is 0 Å². The van der Waals surface area contributed by atoms with Crippen LogP contribution in [0.15, 0.2) is 30.5 Å². The third-order valence-electron chi connectivity index (χ3n) is 3.85. The molecule has 0 atom stereocenters. The molecule has 20 heavy (non-hydrogen) atoms. The number of para-hydroxylation sites is 1. The van der Waals surface area contributed by atoms with Gasteiger partial charge in [0.25, 0.3) is 0 Å². The maximum Gasteiger partial charge on any atom is 0.0483 e. The van der Waals surface area contributed by atoms with E-state index in [0.29, 0.717) is 5.41 Å². The molecule has 0 spiro atoms. The minimum absolute atomic E-state index is 0.387. The van der Waals surface area contributed by atoms with Crippen LogP contribution in [0.4, 0.5) is 0 Å².